The first-order chi connectivity index (χ1) is 11.6. The number of hydrogen-bond donors (Lipinski definition) is 2. The van der Waals surface area contributed by atoms with Crippen molar-refractivity contribution in [1.82, 2.24) is 9.97 Å². The molecule has 1 atom stereocenters. The van der Waals surface area contributed by atoms with Gasteiger partial charge in [0.2, 0.25) is 5.95 Å². The zero-order valence-corrected chi connectivity index (χ0v) is 14.6. The molecule has 0 saturated heterocycles. The van der Waals surface area contributed by atoms with Crippen molar-refractivity contribution < 1.29 is 9.47 Å². The summed E-state index contributed by atoms with van der Waals surface area (Å²) in [5.74, 6) is 2.67. The van der Waals surface area contributed by atoms with E-state index in [2.05, 4.69) is 29.1 Å². The number of anilines is 1. The van der Waals surface area contributed by atoms with E-state index in [0.29, 0.717) is 30.1 Å². The van der Waals surface area contributed by atoms with Gasteiger partial charge in [0.05, 0.1) is 12.2 Å². The van der Waals surface area contributed by atoms with Gasteiger partial charge < -0.3 is 14.8 Å². The van der Waals surface area contributed by atoms with Gasteiger partial charge in [0.15, 0.2) is 11.5 Å². The Labute approximate surface area is 145 Å². The normalized spacial score (nSPS) is 16.2. The van der Waals surface area contributed by atoms with Crippen molar-refractivity contribution in [1.29, 1.82) is 0 Å². The molecule has 3 rings (SSSR count). The molecule has 0 radical (unpaired) electrons. The van der Waals surface area contributed by atoms with Gasteiger partial charge in [-0.05, 0) is 17.4 Å². The summed E-state index contributed by atoms with van der Waals surface area (Å²) < 4.78 is 11.6. The van der Waals surface area contributed by atoms with Gasteiger partial charge in [0.25, 0.3) is 5.56 Å². The first-order valence-electron chi connectivity index (χ1n) is 7.94. The van der Waals surface area contributed by atoms with Crippen LogP contribution in [0.3, 0.4) is 0 Å². The van der Waals surface area contributed by atoms with Crippen LogP contribution in [0.1, 0.15) is 19.5 Å². The number of aromatic amines is 1. The standard InChI is InChI=1S/C17H21N3O3S/c1-11(2)24-10-12-7-16(21)20-17(19-12)18-8-13-9-22-14-5-3-4-6-15(14)23-13/h3-7,11,13H,8-10H2,1-2H3,(H2,18,19,20,21). The predicted molar refractivity (Wildman–Crippen MR) is 96.1 cm³/mol. The second-order valence-electron chi connectivity index (χ2n) is 5.82. The Hall–Kier alpha value is -2.15. The lowest BCUT2D eigenvalue weighted by Crippen LogP contribution is -2.35. The Balaban J connectivity index is 1.60. The van der Waals surface area contributed by atoms with E-state index in [0.717, 1.165) is 17.2 Å². The predicted octanol–water partition coefficient (Wildman–Crippen LogP) is 2.66. The Bertz CT molecular complexity index is 748. The van der Waals surface area contributed by atoms with Crippen molar-refractivity contribution in [2.75, 3.05) is 18.5 Å². The molecule has 0 fully saturated rings. The van der Waals surface area contributed by atoms with Crippen LogP contribution in [-0.4, -0.2) is 34.5 Å². The summed E-state index contributed by atoms with van der Waals surface area (Å²) in [5.41, 5.74) is 0.615. The monoisotopic (exact) mass is 347 g/mol. The van der Waals surface area contributed by atoms with Gasteiger partial charge in [0, 0.05) is 11.8 Å². The maximum atomic E-state index is 11.8. The molecule has 24 heavy (non-hydrogen) atoms. The molecule has 1 aromatic heterocycles. The van der Waals surface area contributed by atoms with Crippen molar-refractivity contribution in [3.05, 3.63) is 46.4 Å². The summed E-state index contributed by atoms with van der Waals surface area (Å²) in [6.45, 7) is 5.19. The fourth-order valence-corrected chi connectivity index (χ4v) is 2.94. The zero-order valence-electron chi connectivity index (χ0n) is 13.7. The molecule has 0 amide bonds. The SMILES string of the molecule is CC(C)SCc1cc(=O)[nH]c(NCC2COc3ccccc3O2)n1. The molecule has 1 aromatic carbocycles. The van der Waals surface area contributed by atoms with Crippen LogP contribution in [0.25, 0.3) is 0 Å². The lowest BCUT2D eigenvalue weighted by molar-refractivity contribution is 0.0996. The first-order valence-corrected chi connectivity index (χ1v) is 8.99. The number of H-pyrrole nitrogens is 1. The Kier molecular flexibility index (Phi) is 5.30. The Morgan fingerprint density at radius 2 is 2.17 bits per heavy atom. The molecule has 0 saturated carbocycles. The van der Waals surface area contributed by atoms with E-state index in [4.69, 9.17) is 9.47 Å². The average molecular weight is 347 g/mol. The number of ether oxygens (including phenoxy) is 2. The summed E-state index contributed by atoms with van der Waals surface area (Å²) >= 11 is 1.75. The van der Waals surface area contributed by atoms with Gasteiger partial charge in [-0.2, -0.15) is 11.8 Å². The molecule has 7 heteroatoms. The molecule has 2 aromatic rings. The molecule has 2 heterocycles. The van der Waals surface area contributed by atoms with Crippen molar-refractivity contribution in [3.8, 4) is 11.5 Å². The minimum Gasteiger partial charge on any atom is -0.486 e. The topological polar surface area (TPSA) is 76.2 Å². The number of para-hydroxylation sites is 2. The van der Waals surface area contributed by atoms with E-state index in [1.807, 2.05) is 24.3 Å². The summed E-state index contributed by atoms with van der Waals surface area (Å²) in [7, 11) is 0. The van der Waals surface area contributed by atoms with Gasteiger partial charge in [-0.25, -0.2) is 4.98 Å². The highest BCUT2D eigenvalue weighted by molar-refractivity contribution is 7.99. The average Bonchev–Trinajstić information content (AvgIpc) is 2.57. The van der Waals surface area contributed by atoms with Crippen LogP contribution < -0.4 is 20.3 Å². The highest BCUT2D eigenvalue weighted by atomic mass is 32.2. The summed E-state index contributed by atoms with van der Waals surface area (Å²) in [6.07, 6.45) is -0.140. The van der Waals surface area contributed by atoms with Gasteiger partial charge in [-0.1, -0.05) is 26.0 Å². The zero-order chi connectivity index (χ0) is 16.9. The third-order valence-electron chi connectivity index (χ3n) is 3.42. The van der Waals surface area contributed by atoms with Gasteiger partial charge in [-0.15, -0.1) is 0 Å². The molecular formula is C17H21N3O3S. The number of rotatable bonds is 6. The molecule has 2 N–H and O–H groups in total. The van der Waals surface area contributed by atoms with Gasteiger partial charge >= 0.3 is 0 Å². The maximum Gasteiger partial charge on any atom is 0.252 e. The second kappa shape index (κ2) is 7.61. The number of benzene rings is 1. The lowest BCUT2D eigenvalue weighted by atomic mass is 10.2. The van der Waals surface area contributed by atoms with Crippen molar-refractivity contribution in [3.63, 3.8) is 0 Å². The minimum absolute atomic E-state index is 0.140. The van der Waals surface area contributed by atoms with Crippen LogP contribution in [0.2, 0.25) is 0 Å². The van der Waals surface area contributed by atoms with Crippen LogP contribution in [0, 0.1) is 0 Å². The quantitative estimate of drug-likeness (QED) is 0.837. The number of fused-ring (bicyclic) bond motifs is 1. The van der Waals surface area contributed by atoms with Crippen LogP contribution in [0.5, 0.6) is 11.5 Å². The second-order valence-corrected chi connectivity index (χ2v) is 7.39. The van der Waals surface area contributed by atoms with Crippen LogP contribution >= 0.6 is 11.8 Å². The Morgan fingerprint density at radius 3 is 2.96 bits per heavy atom. The molecule has 0 spiro atoms. The summed E-state index contributed by atoms with van der Waals surface area (Å²) in [4.78, 5) is 18.9. The molecule has 0 aliphatic carbocycles. The largest absolute Gasteiger partial charge is 0.486 e. The number of hydrogen-bond acceptors (Lipinski definition) is 6. The van der Waals surface area contributed by atoms with Gasteiger partial charge in [0.1, 0.15) is 12.7 Å². The number of nitrogens with zero attached hydrogens (tertiary/aromatic N) is 1. The highest BCUT2D eigenvalue weighted by Gasteiger charge is 2.20. The lowest BCUT2D eigenvalue weighted by Gasteiger charge is -2.26. The van der Waals surface area contributed by atoms with E-state index in [1.54, 1.807) is 11.8 Å². The van der Waals surface area contributed by atoms with E-state index in [-0.39, 0.29) is 11.7 Å². The highest BCUT2D eigenvalue weighted by Crippen LogP contribution is 2.30. The van der Waals surface area contributed by atoms with Crippen molar-refractivity contribution in [2.24, 2.45) is 0 Å². The van der Waals surface area contributed by atoms with E-state index >= 15 is 0 Å². The number of thioether (sulfide) groups is 1. The maximum absolute atomic E-state index is 11.8. The first kappa shape index (κ1) is 16.7. The molecule has 0 bridgehead atoms. The van der Waals surface area contributed by atoms with Crippen LogP contribution in [0.15, 0.2) is 35.1 Å². The van der Waals surface area contributed by atoms with Crippen LogP contribution in [0.4, 0.5) is 5.95 Å². The van der Waals surface area contributed by atoms with Crippen molar-refractivity contribution in [2.45, 2.75) is 31.0 Å². The van der Waals surface area contributed by atoms with Gasteiger partial charge in [-0.3, -0.25) is 9.78 Å². The van der Waals surface area contributed by atoms with Crippen LogP contribution in [-0.2, 0) is 5.75 Å². The molecule has 6 nitrogen and oxygen atoms in total. The van der Waals surface area contributed by atoms with E-state index in [9.17, 15) is 4.79 Å². The summed E-state index contributed by atoms with van der Waals surface area (Å²) in [6, 6.07) is 9.12. The molecule has 1 unspecified atom stereocenters. The minimum atomic E-state index is -0.155. The fraction of sp³-hybridized carbons (Fsp3) is 0.412. The van der Waals surface area contributed by atoms with E-state index in [1.165, 1.54) is 6.07 Å². The van der Waals surface area contributed by atoms with Crippen molar-refractivity contribution >= 4 is 17.7 Å². The molecule has 1 aliphatic rings. The molecular weight excluding hydrogens is 326 g/mol. The molecule has 128 valence electrons. The number of nitrogens with one attached hydrogen (secondary N) is 2. The Morgan fingerprint density at radius 1 is 1.38 bits per heavy atom. The molecule has 1 aliphatic heterocycles. The third kappa shape index (κ3) is 4.44. The number of aromatic nitrogens is 2. The smallest absolute Gasteiger partial charge is 0.252 e. The summed E-state index contributed by atoms with van der Waals surface area (Å²) in [5, 5.41) is 3.63. The third-order valence-corrected chi connectivity index (χ3v) is 4.55. The fourth-order valence-electron chi connectivity index (χ4n) is 2.29. The van der Waals surface area contributed by atoms with E-state index < -0.39 is 0 Å².